The molecule has 1 aliphatic heterocycles. The average molecular weight is 285 g/mol. The van der Waals surface area contributed by atoms with E-state index in [9.17, 15) is 4.39 Å². The van der Waals surface area contributed by atoms with Crippen LogP contribution in [0.25, 0.3) is 0 Å². The summed E-state index contributed by atoms with van der Waals surface area (Å²) in [5.41, 5.74) is 4.46. The predicted octanol–water partition coefficient (Wildman–Crippen LogP) is 3.77. The van der Waals surface area contributed by atoms with Crippen LogP contribution in [0.5, 0.6) is 5.75 Å². The Labute approximate surface area is 125 Å². The van der Waals surface area contributed by atoms with Gasteiger partial charge in [0.1, 0.15) is 11.6 Å². The lowest BCUT2D eigenvalue weighted by Gasteiger charge is -2.23. The number of benzene rings is 2. The molecule has 0 bridgehead atoms. The minimum atomic E-state index is -0.197. The zero-order chi connectivity index (χ0) is 14.8. The van der Waals surface area contributed by atoms with E-state index in [1.54, 1.807) is 6.07 Å². The van der Waals surface area contributed by atoms with Gasteiger partial charge in [0.2, 0.25) is 0 Å². The highest BCUT2D eigenvalue weighted by Gasteiger charge is 2.18. The molecule has 0 saturated heterocycles. The Morgan fingerprint density at radius 3 is 2.86 bits per heavy atom. The third kappa shape index (κ3) is 2.79. The van der Waals surface area contributed by atoms with E-state index >= 15 is 0 Å². The fraction of sp³-hybridized carbons (Fsp3) is 0.333. The second-order valence-corrected chi connectivity index (χ2v) is 5.54. The molecule has 2 aromatic rings. The summed E-state index contributed by atoms with van der Waals surface area (Å²) in [6.07, 6.45) is 2.10. The van der Waals surface area contributed by atoms with Crippen LogP contribution in [0.1, 0.15) is 34.7 Å². The first-order valence-electron chi connectivity index (χ1n) is 7.38. The topological polar surface area (TPSA) is 21.3 Å². The van der Waals surface area contributed by atoms with Crippen LogP contribution in [-0.2, 0) is 6.42 Å². The summed E-state index contributed by atoms with van der Waals surface area (Å²) in [6, 6.07) is 11.2. The van der Waals surface area contributed by atoms with Crippen LogP contribution in [0.15, 0.2) is 36.4 Å². The van der Waals surface area contributed by atoms with E-state index in [0.717, 1.165) is 41.9 Å². The highest BCUT2D eigenvalue weighted by atomic mass is 19.1. The Kier molecular flexibility index (Phi) is 3.93. The van der Waals surface area contributed by atoms with Crippen LogP contribution in [0, 0.1) is 12.7 Å². The van der Waals surface area contributed by atoms with Gasteiger partial charge in [-0.25, -0.2) is 4.39 Å². The summed E-state index contributed by atoms with van der Waals surface area (Å²) in [7, 11) is 1.91. The number of nitrogens with one attached hydrogen (secondary N) is 1. The third-order valence-corrected chi connectivity index (χ3v) is 4.11. The number of hydrogen-bond donors (Lipinski definition) is 1. The maximum atomic E-state index is 13.6. The fourth-order valence-electron chi connectivity index (χ4n) is 2.98. The number of rotatable bonds is 3. The Hall–Kier alpha value is -1.87. The predicted molar refractivity (Wildman–Crippen MR) is 82.3 cm³/mol. The molecule has 110 valence electrons. The van der Waals surface area contributed by atoms with Gasteiger partial charge in [-0.2, -0.15) is 0 Å². The molecule has 0 radical (unpaired) electrons. The zero-order valence-corrected chi connectivity index (χ0v) is 12.4. The second kappa shape index (κ2) is 5.86. The van der Waals surface area contributed by atoms with Crippen LogP contribution < -0.4 is 10.1 Å². The number of hydrogen-bond acceptors (Lipinski definition) is 2. The van der Waals surface area contributed by atoms with Crippen molar-refractivity contribution in [1.82, 2.24) is 5.32 Å². The third-order valence-electron chi connectivity index (χ3n) is 4.11. The van der Waals surface area contributed by atoms with Gasteiger partial charge < -0.3 is 10.1 Å². The molecule has 1 N–H and O–H groups in total. The van der Waals surface area contributed by atoms with Crippen LogP contribution in [0.4, 0.5) is 4.39 Å². The Morgan fingerprint density at radius 2 is 2.05 bits per heavy atom. The van der Waals surface area contributed by atoms with Gasteiger partial charge in [0.15, 0.2) is 0 Å². The molecule has 1 unspecified atom stereocenters. The Balaban J connectivity index is 2.01. The molecule has 0 amide bonds. The van der Waals surface area contributed by atoms with Crippen molar-refractivity contribution in [3.63, 3.8) is 0 Å². The first kappa shape index (κ1) is 14.1. The minimum Gasteiger partial charge on any atom is -0.493 e. The molecule has 2 aromatic carbocycles. The van der Waals surface area contributed by atoms with E-state index in [0.29, 0.717) is 0 Å². The van der Waals surface area contributed by atoms with Gasteiger partial charge in [0.05, 0.1) is 12.6 Å². The van der Waals surface area contributed by atoms with E-state index < -0.39 is 0 Å². The standard InChI is InChI=1S/C18H20FNO/c1-12-5-7-15(19)11-16(12)18(20-2)14-6-8-17-13(10-14)4-3-9-21-17/h5-8,10-11,18,20H,3-4,9H2,1-2H3. The molecule has 3 heteroatoms. The molecule has 0 fully saturated rings. The van der Waals surface area contributed by atoms with Gasteiger partial charge in [0.25, 0.3) is 0 Å². The summed E-state index contributed by atoms with van der Waals surface area (Å²) in [4.78, 5) is 0. The summed E-state index contributed by atoms with van der Waals surface area (Å²) < 4.78 is 19.2. The SMILES string of the molecule is CNC(c1ccc2c(c1)CCCO2)c1cc(F)ccc1C. The van der Waals surface area contributed by atoms with Crippen LogP contribution in [0.3, 0.4) is 0 Å². The van der Waals surface area contributed by atoms with E-state index in [2.05, 4.69) is 17.4 Å². The highest BCUT2D eigenvalue weighted by molar-refractivity contribution is 5.44. The van der Waals surface area contributed by atoms with Crippen molar-refractivity contribution in [3.8, 4) is 5.75 Å². The first-order valence-corrected chi connectivity index (χ1v) is 7.38. The lowest BCUT2D eigenvalue weighted by molar-refractivity contribution is 0.288. The van der Waals surface area contributed by atoms with E-state index in [1.807, 2.05) is 26.1 Å². The average Bonchev–Trinajstić information content (AvgIpc) is 2.51. The maximum absolute atomic E-state index is 13.6. The lowest BCUT2D eigenvalue weighted by atomic mass is 9.92. The van der Waals surface area contributed by atoms with Crippen LogP contribution in [0.2, 0.25) is 0 Å². The monoisotopic (exact) mass is 285 g/mol. The second-order valence-electron chi connectivity index (χ2n) is 5.54. The summed E-state index contributed by atoms with van der Waals surface area (Å²) in [5.74, 6) is 0.785. The molecule has 0 aromatic heterocycles. The largest absolute Gasteiger partial charge is 0.493 e. The molecular weight excluding hydrogens is 265 g/mol. The Bertz CT molecular complexity index is 654. The normalized spacial score (nSPS) is 15.2. The first-order chi connectivity index (χ1) is 10.2. The van der Waals surface area contributed by atoms with Crippen molar-refractivity contribution in [2.24, 2.45) is 0 Å². The molecule has 3 rings (SSSR count). The van der Waals surface area contributed by atoms with Crippen molar-refractivity contribution in [2.75, 3.05) is 13.7 Å². The van der Waals surface area contributed by atoms with Crippen molar-refractivity contribution < 1.29 is 9.13 Å². The lowest BCUT2D eigenvalue weighted by Crippen LogP contribution is -2.19. The number of ether oxygens (including phenoxy) is 1. The van der Waals surface area contributed by atoms with Crippen molar-refractivity contribution in [3.05, 3.63) is 64.5 Å². The van der Waals surface area contributed by atoms with Gasteiger partial charge in [-0.1, -0.05) is 18.2 Å². The molecule has 0 saturated carbocycles. The smallest absolute Gasteiger partial charge is 0.123 e. The summed E-state index contributed by atoms with van der Waals surface area (Å²) >= 11 is 0. The van der Waals surface area contributed by atoms with Gasteiger partial charge >= 0.3 is 0 Å². The maximum Gasteiger partial charge on any atom is 0.123 e. The number of halogens is 1. The summed E-state index contributed by atoms with van der Waals surface area (Å²) in [5, 5.41) is 3.30. The van der Waals surface area contributed by atoms with E-state index in [1.165, 1.54) is 11.6 Å². The molecule has 1 heterocycles. The van der Waals surface area contributed by atoms with Crippen molar-refractivity contribution >= 4 is 0 Å². The molecule has 21 heavy (non-hydrogen) atoms. The minimum absolute atomic E-state index is 0.00655. The molecule has 1 atom stereocenters. The van der Waals surface area contributed by atoms with Gasteiger partial charge in [-0.3, -0.25) is 0 Å². The molecule has 0 aliphatic carbocycles. The molecule has 0 spiro atoms. The zero-order valence-electron chi connectivity index (χ0n) is 12.4. The van der Waals surface area contributed by atoms with E-state index in [-0.39, 0.29) is 11.9 Å². The number of fused-ring (bicyclic) bond motifs is 1. The van der Waals surface area contributed by atoms with E-state index in [4.69, 9.17) is 4.74 Å². The van der Waals surface area contributed by atoms with Gasteiger partial charge in [0, 0.05) is 0 Å². The molecule has 1 aliphatic rings. The highest BCUT2D eigenvalue weighted by Crippen LogP contribution is 2.31. The summed E-state index contributed by atoms with van der Waals surface area (Å²) in [6.45, 7) is 2.81. The van der Waals surface area contributed by atoms with Crippen molar-refractivity contribution in [2.45, 2.75) is 25.8 Å². The fourth-order valence-corrected chi connectivity index (χ4v) is 2.98. The number of aryl methyl sites for hydroxylation is 2. The van der Waals surface area contributed by atoms with Gasteiger partial charge in [-0.15, -0.1) is 0 Å². The molecule has 2 nitrogen and oxygen atoms in total. The Morgan fingerprint density at radius 1 is 1.19 bits per heavy atom. The van der Waals surface area contributed by atoms with Gasteiger partial charge in [-0.05, 0) is 67.3 Å². The molecular formula is C18H20FNO. The van der Waals surface area contributed by atoms with Crippen LogP contribution in [-0.4, -0.2) is 13.7 Å². The van der Waals surface area contributed by atoms with Crippen molar-refractivity contribution in [1.29, 1.82) is 0 Å². The van der Waals surface area contributed by atoms with Crippen LogP contribution >= 0.6 is 0 Å². The quantitative estimate of drug-likeness (QED) is 0.927.